The van der Waals surface area contributed by atoms with Crippen LogP contribution in [-0.2, 0) is 0 Å². The SMILES string of the molecule is OCCCCCCCCCCCCCCCCCCNCCCCCCCCCCCCCCCCCCO. The molecule has 236 valence electrons. The molecule has 3 nitrogen and oxygen atoms in total. The van der Waals surface area contributed by atoms with Gasteiger partial charge in [-0.15, -0.1) is 0 Å². The first-order chi connectivity index (χ1) is 19.4. The Bertz CT molecular complexity index is 368. The number of hydrogen-bond acceptors (Lipinski definition) is 3. The standard InChI is InChI=1S/C36H75NO2/c38-35-31-27-23-19-15-11-7-3-1-5-9-13-17-21-25-29-33-37-34-30-26-22-18-14-10-6-2-4-8-12-16-20-24-28-32-36-39/h37-39H,1-36H2. The van der Waals surface area contributed by atoms with Crippen molar-refractivity contribution in [2.45, 2.75) is 205 Å². The van der Waals surface area contributed by atoms with Crippen LogP contribution in [0.1, 0.15) is 205 Å². The van der Waals surface area contributed by atoms with Crippen LogP contribution in [0.4, 0.5) is 0 Å². The van der Waals surface area contributed by atoms with E-state index in [1.165, 1.54) is 206 Å². The predicted octanol–water partition coefficient (Wildman–Crippen LogP) is 11.0. The molecule has 0 bridgehead atoms. The van der Waals surface area contributed by atoms with Crippen LogP contribution in [0.25, 0.3) is 0 Å². The van der Waals surface area contributed by atoms with Crippen molar-refractivity contribution in [2.75, 3.05) is 26.3 Å². The van der Waals surface area contributed by atoms with E-state index in [1.54, 1.807) is 0 Å². The van der Waals surface area contributed by atoms with E-state index < -0.39 is 0 Å². The largest absolute Gasteiger partial charge is 0.396 e. The van der Waals surface area contributed by atoms with Crippen molar-refractivity contribution in [3.8, 4) is 0 Å². The van der Waals surface area contributed by atoms with Crippen molar-refractivity contribution in [1.82, 2.24) is 5.32 Å². The van der Waals surface area contributed by atoms with Crippen LogP contribution in [0.2, 0.25) is 0 Å². The van der Waals surface area contributed by atoms with Gasteiger partial charge in [-0.1, -0.05) is 180 Å². The van der Waals surface area contributed by atoms with Gasteiger partial charge in [0.25, 0.3) is 0 Å². The van der Waals surface area contributed by atoms with Crippen molar-refractivity contribution >= 4 is 0 Å². The lowest BCUT2D eigenvalue weighted by molar-refractivity contribution is 0.282. The first-order valence-corrected chi connectivity index (χ1v) is 18.3. The third-order valence-electron chi connectivity index (χ3n) is 8.52. The van der Waals surface area contributed by atoms with Crippen molar-refractivity contribution in [3.05, 3.63) is 0 Å². The molecule has 0 saturated heterocycles. The second-order valence-corrected chi connectivity index (χ2v) is 12.5. The molecule has 0 aromatic heterocycles. The normalized spacial score (nSPS) is 11.5. The monoisotopic (exact) mass is 554 g/mol. The summed E-state index contributed by atoms with van der Waals surface area (Å²) in [5.74, 6) is 0. The Morgan fingerprint density at radius 3 is 0.538 bits per heavy atom. The van der Waals surface area contributed by atoms with E-state index in [0.717, 1.165) is 12.8 Å². The molecule has 0 unspecified atom stereocenters. The van der Waals surface area contributed by atoms with Crippen molar-refractivity contribution in [2.24, 2.45) is 0 Å². The quantitative estimate of drug-likeness (QED) is 0.0676. The first kappa shape index (κ1) is 38.9. The maximum absolute atomic E-state index is 8.78. The van der Waals surface area contributed by atoms with Crippen molar-refractivity contribution < 1.29 is 10.2 Å². The minimum atomic E-state index is 0.369. The summed E-state index contributed by atoms with van der Waals surface area (Å²) in [6, 6.07) is 0. The van der Waals surface area contributed by atoms with Gasteiger partial charge in [0.05, 0.1) is 0 Å². The van der Waals surface area contributed by atoms with Crippen molar-refractivity contribution in [3.63, 3.8) is 0 Å². The van der Waals surface area contributed by atoms with E-state index in [0.29, 0.717) is 13.2 Å². The fourth-order valence-corrected chi connectivity index (χ4v) is 5.80. The van der Waals surface area contributed by atoms with Gasteiger partial charge >= 0.3 is 0 Å². The molecule has 0 aromatic carbocycles. The smallest absolute Gasteiger partial charge is 0.0431 e. The molecule has 0 heterocycles. The van der Waals surface area contributed by atoms with E-state index in [-0.39, 0.29) is 0 Å². The van der Waals surface area contributed by atoms with Gasteiger partial charge in [-0.2, -0.15) is 0 Å². The highest BCUT2D eigenvalue weighted by molar-refractivity contribution is 4.54. The summed E-state index contributed by atoms with van der Waals surface area (Å²) in [5.41, 5.74) is 0. The number of nitrogens with one attached hydrogen (secondary N) is 1. The maximum Gasteiger partial charge on any atom is 0.0431 e. The zero-order chi connectivity index (χ0) is 28.2. The van der Waals surface area contributed by atoms with Crippen LogP contribution in [0.15, 0.2) is 0 Å². The van der Waals surface area contributed by atoms with E-state index in [1.807, 2.05) is 0 Å². The third kappa shape index (κ3) is 37.9. The van der Waals surface area contributed by atoms with Gasteiger partial charge in [0, 0.05) is 13.2 Å². The Hall–Kier alpha value is -0.120. The molecule has 0 aliphatic carbocycles. The lowest BCUT2D eigenvalue weighted by atomic mass is 10.0. The van der Waals surface area contributed by atoms with E-state index in [4.69, 9.17) is 10.2 Å². The second kappa shape index (κ2) is 37.9. The molecule has 0 rings (SSSR count). The number of aliphatic hydroxyl groups is 2. The molecule has 3 heteroatoms. The third-order valence-corrected chi connectivity index (χ3v) is 8.52. The number of unbranched alkanes of at least 4 members (excludes halogenated alkanes) is 30. The summed E-state index contributed by atoms with van der Waals surface area (Å²) >= 11 is 0. The van der Waals surface area contributed by atoms with Crippen LogP contribution in [0, 0.1) is 0 Å². The molecule has 0 amide bonds. The van der Waals surface area contributed by atoms with Gasteiger partial charge in [-0.25, -0.2) is 0 Å². The average Bonchev–Trinajstić information content (AvgIpc) is 2.95. The minimum absolute atomic E-state index is 0.369. The Labute approximate surface area is 247 Å². The second-order valence-electron chi connectivity index (χ2n) is 12.5. The highest BCUT2D eigenvalue weighted by Crippen LogP contribution is 2.15. The Kier molecular flexibility index (Phi) is 37.8. The molecule has 0 atom stereocenters. The van der Waals surface area contributed by atoms with Crippen LogP contribution in [-0.4, -0.2) is 36.5 Å². The molecule has 39 heavy (non-hydrogen) atoms. The van der Waals surface area contributed by atoms with Crippen LogP contribution < -0.4 is 5.32 Å². The van der Waals surface area contributed by atoms with Gasteiger partial charge in [-0.05, 0) is 38.8 Å². The van der Waals surface area contributed by atoms with Crippen LogP contribution in [0.3, 0.4) is 0 Å². The molecule has 0 radical (unpaired) electrons. The lowest BCUT2D eigenvalue weighted by Gasteiger charge is -2.06. The summed E-state index contributed by atoms with van der Waals surface area (Å²) in [6.45, 7) is 3.19. The summed E-state index contributed by atoms with van der Waals surface area (Å²) < 4.78 is 0. The molecule has 0 spiro atoms. The fraction of sp³-hybridized carbons (Fsp3) is 1.00. The number of rotatable bonds is 36. The molecule has 0 aliphatic heterocycles. The fourth-order valence-electron chi connectivity index (χ4n) is 5.80. The highest BCUT2D eigenvalue weighted by atomic mass is 16.3. The van der Waals surface area contributed by atoms with Gasteiger partial charge in [0.15, 0.2) is 0 Å². The summed E-state index contributed by atoms with van der Waals surface area (Å²) in [7, 11) is 0. The molecule has 0 saturated carbocycles. The number of hydrogen-bond donors (Lipinski definition) is 3. The summed E-state index contributed by atoms with van der Waals surface area (Å²) in [6.07, 6.45) is 44.1. The molecular formula is C36H75NO2. The summed E-state index contributed by atoms with van der Waals surface area (Å²) in [4.78, 5) is 0. The zero-order valence-electron chi connectivity index (χ0n) is 26.9. The van der Waals surface area contributed by atoms with Gasteiger partial charge in [0.2, 0.25) is 0 Å². The minimum Gasteiger partial charge on any atom is -0.396 e. The van der Waals surface area contributed by atoms with Gasteiger partial charge < -0.3 is 15.5 Å². The highest BCUT2D eigenvalue weighted by Gasteiger charge is 1.97. The van der Waals surface area contributed by atoms with Crippen LogP contribution in [0.5, 0.6) is 0 Å². The van der Waals surface area contributed by atoms with E-state index >= 15 is 0 Å². The summed E-state index contributed by atoms with van der Waals surface area (Å²) in [5, 5.41) is 21.2. The Balaban J connectivity index is 3.01. The predicted molar refractivity (Wildman–Crippen MR) is 175 cm³/mol. The van der Waals surface area contributed by atoms with E-state index in [2.05, 4.69) is 5.32 Å². The molecular weight excluding hydrogens is 478 g/mol. The molecule has 3 N–H and O–H groups in total. The van der Waals surface area contributed by atoms with Crippen molar-refractivity contribution in [1.29, 1.82) is 0 Å². The first-order valence-electron chi connectivity index (χ1n) is 18.3. The Morgan fingerprint density at radius 2 is 0.359 bits per heavy atom. The zero-order valence-corrected chi connectivity index (χ0v) is 26.9. The van der Waals surface area contributed by atoms with E-state index in [9.17, 15) is 0 Å². The molecule has 0 aromatic rings. The molecule has 0 fully saturated rings. The molecule has 0 aliphatic rings. The number of aliphatic hydroxyl groups excluding tert-OH is 2. The maximum atomic E-state index is 8.78. The topological polar surface area (TPSA) is 52.5 Å². The Morgan fingerprint density at radius 1 is 0.205 bits per heavy atom. The lowest BCUT2D eigenvalue weighted by Crippen LogP contribution is -2.16. The van der Waals surface area contributed by atoms with Crippen LogP contribution >= 0.6 is 0 Å². The van der Waals surface area contributed by atoms with Gasteiger partial charge in [0.1, 0.15) is 0 Å². The average molecular weight is 554 g/mol. The van der Waals surface area contributed by atoms with Gasteiger partial charge in [-0.3, -0.25) is 0 Å².